The van der Waals surface area contributed by atoms with Gasteiger partial charge in [-0.2, -0.15) is 0 Å². The number of morpholine rings is 1. The Hall–Kier alpha value is -1.06. The molecule has 1 aliphatic heterocycles. The molecule has 16 heavy (non-hydrogen) atoms. The molecular weight excluding hydrogens is 202 g/mol. The fourth-order valence-electron chi connectivity index (χ4n) is 1.84. The molecule has 0 radical (unpaired) electrons. The predicted octanol–water partition coefficient (Wildman–Crippen LogP) is 1.83. The largest absolute Gasteiger partial charge is 0.494 e. The molecule has 1 aliphatic rings. The van der Waals surface area contributed by atoms with E-state index in [2.05, 4.69) is 5.32 Å². The van der Waals surface area contributed by atoms with Gasteiger partial charge in [0.15, 0.2) is 0 Å². The first kappa shape index (κ1) is 11.4. The van der Waals surface area contributed by atoms with Crippen LogP contribution < -0.4 is 10.1 Å². The van der Waals surface area contributed by atoms with Crippen molar-refractivity contribution in [2.45, 2.75) is 18.9 Å². The zero-order valence-electron chi connectivity index (χ0n) is 9.52. The Morgan fingerprint density at radius 2 is 2.19 bits per heavy atom. The second-order valence-electron chi connectivity index (χ2n) is 4.03. The third-order valence-corrected chi connectivity index (χ3v) is 2.71. The van der Waals surface area contributed by atoms with Crippen molar-refractivity contribution < 1.29 is 9.47 Å². The van der Waals surface area contributed by atoms with Gasteiger partial charge >= 0.3 is 0 Å². The van der Waals surface area contributed by atoms with Crippen molar-refractivity contribution in [2.24, 2.45) is 0 Å². The highest BCUT2D eigenvalue weighted by Crippen LogP contribution is 2.09. The quantitative estimate of drug-likeness (QED) is 0.769. The monoisotopic (exact) mass is 221 g/mol. The Morgan fingerprint density at radius 1 is 1.31 bits per heavy atom. The van der Waals surface area contributed by atoms with Crippen LogP contribution in [0, 0.1) is 0 Å². The van der Waals surface area contributed by atoms with Crippen molar-refractivity contribution in [1.82, 2.24) is 5.32 Å². The van der Waals surface area contributed by atoms with Gasteiger partial charge in [-0.25, -0.2) is 0 Å². The van der Waals surface area contributed by atoms with Crippen LogP contribution in [-0.4, -0.2) is 32.4 Å². The van der Waals surface area contributed by atoms with Crippen LogP contribution >= 0.6 is 0 Å². The Kier molecular flexibility index (Phi) is 4.65. The van der Waals surface area contributed by atoms with E-state index in [1.807, 2.05) is 30.3 Å². The lowest BCUT2D eigenvalue weighted by Crippen LogP contribution is -2.41. The van der Waals surface area contributed by atoms with Crippen molar-refractivity contribution in [3.05, 3.63) is 30.3 Å². The molecule has 0 bridgehead atoms. The zero-order valence-corrected chi connectivity index (χ0v) is 9.52. The van der Waals surface area contributed by atoms with Gasteiger partial charge < -0.3 is 14.8 Å². The lowest BCUT2D eigenvalue weighted by Gasteiger charge is -2.23. The van der Waals surface area contributed by atoms with Crippen LogP contribution in [0.2, 0.25) is 0 Å². The maximum atomic E-state index is 5.63. The van der Waals surface area contributed by atoms with Gasteiger partial charge in [0.2, 0.25) is 0 Å². The third-order valence-electron chi connectivity index (χ3n) is 2.71. The summed E-state index contributed by atoms with van der Waals surface area (Å²) in [6.07, 6.45) is 2.18. The van der Waals surface area contributed by atoms with Crippen LogP contribution in [0.15, 0.2) is 30.3 Å². The van der Waals surface area contributed by atoms with E-state index in [1.54, 1.807) is 0 Å². The van der Waals surface area contributed by atoms with Crippen LogP contribution in [0.3, 0.4) is 0 Å². The van der Waals surface area contributed by atoms with E-state index in [-0.39, 0.29) is 0 Å². The SMILES string of the molecule is c1ccc(OCCCC2COCCN2)cc1. The highest BCUT2D eigenvalue weighted by atomic mass is 16.5. The smallest absolute Gasteiger partial charge is 0.119 e. The molecule has 1 saturated heterocycles. The van der Waals surface area contributed by atoms with Gasteiger partial charge in [0, 0.05) is 12.6 Å². The summed E-state index contributed by atoms with van der Waals surface area (Å²) in [4.78, 5) is 0. The molecule has 1 fully saturated rings. The third kappa shape index (κ3) is 3.83. The second kappa shape index (κ2) is 6.51. The molecule has 2 rings (SSSR count). The molecule has 0 amide bonds. The van der Waals surface area contributed by atoms with Crippen LogP contribution in [0.4, 0.5) is 0 Å². The average molecular weight is 221 g/mol. The predicted molar refractivity (Wildman–Crippen MR) is 63.8 cm³/mol. The normalized spacial score (nSPS) is 20.6. The molecular formula is C13H19NO2. The molecule has 0 saturated carbocycles. The van der Waals surface area contributed by atoms with E-state index in [9.17, 15) is 0 Å². The molecule has 0 aliphatic carbocycles. The summed E-state index contributed by atoms with van der Waals surface area (Å²) < 4.78 is 11.0. The van der Waals surface area contributed by atoms with Crippen molar-refractivity contribution in [3.8, 4) is 5.75 Å². The number of ether oxygens (including phenoxy) is 2. The minimum atomic E-state index is 0.508. The zero-order chi connectivity index (χ0) is 11.1. The molecule has 1 N–H and O–H groups in total. The lowest BCUT2D eigenvalue weighted by atomic mass is 10.1. The fourth-order valence-corrected chi connectivity index (χ4v) is 1.84. The first-order valence-electron chi connectivity index (χ1n) is 5.94. The maximum absolute atomic E-state index is 5.63. The van der Waals surface area contributed by atoms with Crippen LogP contribution in [0.5, 0.6) is 5.75 Å². The first-order valence-corrected chi connectivity index (χ1v) is 5.94. The molecule has 1 aromatic rings. The molecule has 0 aromatic heterocycles. The number of nitrogens with one attached hydrogen (secondary N) is 1. The molecule has 3 nitrogen and oxygen atoms in total. The van der Waals surface area contributed by atoms with Gasteiger partial charge in [-0.05, 0) is 25.0 Å². The van der Waals surface area contributed by atoms with Crippen molar-refractivity contribution in [3.63, 3.8) is 0 Å². The highest BCUT2D eigenvalue weighted by molar-refractivity contribution is 5.20. The molecule has 88 valence electrons. The Bertz CT molecular complexity index is 283. The van der Waals surface area contributed by atoms with Crippen LogP contribution in [-0.2, 0) is 4.74 Å². The minimum Gasteiger partial charge on any atom is -0.494 e. The fraction of sp³-hybridized carbons (Fsp3) is 0.538. The van der Waals surface area contributed by atoms with Crippen molar-refractivity contribution in [2.75, 3.05) is 26.4 Å². The van der Waals surface area contributed by atoms with Crippen LogP contribution in [0.25, 0.3) is 0 Å². The van der Waals surface area contributed by atoms with Gasteiger partial charge in [-0.1, -0.05) is 18.2 Å². The molecule has 1 atom stereocenters. The molecule has 1 unspecified atom stereocenters. The van der Waals surface area contributed by atoms with Gasteiger partial charge in [-0.3, -0.25) is 0 Å². The van der Waals surface area contributed by atoms with E-state index < -0.39 is 0 Å². The summed E-state index contributed by atoms with van der Waals surface area (Å²) in [6.45, 7) is 3.44. The molecule has 0 spiro atoms. The number of benzene rings is 1. The molecule has 3 heteroatoms. The van der Waals surface area contributed by atoms with E-state index in [0.717, 1.165) is 45.0 Å². The van der Waals surface area contributed by atoms with Crippen molar-refractivity contribution in [1.29, 1.82) is 0 Å². The van der Waals surface area contributed by atoms with E-state index >= 15 is 0 Å². The summed E-state index contributed by atoms with van der Waals surface area (Å²) in [5.41, 5.74) is 0. The minimum absolute atomic E-state index is 0.508. The summed E-state index contributed by atoms with van der Waals surface area (Å²) in [7, 11) is 0. The highest BCUT2D eigenvalue weighted by Gasteiger charge is 2.11. The second-order valence-corrected chi connectivity index (χ2v) is 4.03. The summed E-state index contributed by atoms with van der Waals surface area (Å²) >= 11 is 0. The number of hydrogen-bond acceptors (Lipinski definition) is 3. The van der Waals surface area contributed by atoms with Gasteiger partial charge in [-0.15, -0.1) is 0 Å². The molecule has 1 heterocycles. The Morgan fingerprint density at radius 3 is 2.94 bits per heavy atom. The first-order chi connectivity index (χ1) is 7.95. The van der Waals surface area contributed by atoms with Gasteiger partial charge in [0.05, 0.1) is 19.8 Å². The van der Waals surface area contributed by atoms with Gasteiger partial charge in [0.1, 0.15) is 5.75 Å². The average Bonchev–Trinajstić information content (AvgIpc) is 2.37. The lowest BCUT2D eigenvalue weighted by molar-refractivity contribution is 0.0722. The van der Waals surface area contributed by atoms with Crippen molar-refractivity contribution >= 4 is 0 Å². The van der Waals surface area contributed by atoms with Gasteiger partial charge in [0.25, 0.3) is 0 Å². The molecule has 1 aromatic carbocycles. The Labute approximate surface area is 96.8 Å². The number of para-hydroxylation sites is 1. The summed E-state index contributed by atoms with van der Waals surface area (Å²) in [5, 5.41) is 3.44. The number of rotatable bonds is 5. The Balaban J connectivity index is 1.58. The topological polar surface area (TPSA) is 30.5 Å². The van der Waals surface area contributed by atoms with Crippen LogP contribution in [0.1, 0.15) is 12.8 Å². The summed E-state index contributed by atoms with van der Waals surface area (Å²) in [5.74, 6) is 0.954. The van der Waals surface area contributed by atoms with E-state index in [0.29, 0.717) is 6.04 Å². The van der Waals surface area contributed by atoms with E-state index in [1.165, 1.54) is 0 Å². The number of hydrogen-bond donors (Lipinski definition) is 1. The maximum Gasteiger partial charge on any atom is 0.119 e. The standard InChI is InChI=1S/C13H19NO2/c1-2-6-13(7-3-1)16-9-4-5-12-11-15-10-8-14-12/h1-3,6-7,12,14H,4-5,8-11H2. The summed E-state index contributed by atoms with van der Waals surface area (Å²) in [6, 6.07) is 10.5. The van der Waals surface area contributed by atoms with E-state index in [4.69, 9.17) is 9.47 Å².